The Morgan fingerprint density at radius 3 is 2.82 bits per heavy atom. The van der Waals surface area contributed by atoms with Crippen LogP contribution < -0.4 is 10.6 Å². The third kappa shape index (κ3) is 6.69. The molecule has 0 spiro atoms. The molecule has 1 fully saturated rings. The van der Waals surface area contributed by atoms with Gasteiger partial charge >= 0.3 is 0 Å². The second-order valence-electron chi connectivity index (χ2n) is 8.11. The fourth-order valence-corrected chi connectivity index (χ4v) is 4.11. The summed E-state index contributed by atoms with van der Waals surface area (Å²) >= 11 is 0. The van der Waals surface area contributed by atoms with E-state index in [1.807, 2.05) is 30.2 Å². The van der Waals surface area contributed by atoms with Gasteiger partial charge in [-0.3, -0.25) is 4.79 Å². The largest absolute Gasteiger partial charge is 0.361 e. The molecular formula is C25H31FIN5O. The van der Waals surface area contributed by atoms with Gasteiger partial charge in [0.2, 0.25) is 5.91 Å². The lowest BCUT2D eigenvalue weighted by molar-refractivity contribution is -0.128. The van der Waals surface area contributed by atoms with Crippen molar-refractivity contribution in [1.82, 2.24) is 20.5 Å². The van der Waals surface area contributed by atoms with E-state index in [0.29, 0.717) is 26.1 Å². The van der Waals surface area contributed by atoms with Crippen molar-refractivity contribution in [2.24, 2.45) is 4.99 Å². The molecule has 0 radical (unpaired) electrons. The first-order chi connectivity index (χ1) is 15.6. The van der Waals surface area contributed by atoms with Crippen LogP contribution in [0.2, 0.25) is 0 Å². The van der Waals surface area contributed by atoms with Gasteiger partial charge in [0.25, 0.3) is 0 Å². The molecule has 1 aromatic heterocycles. The normalized spacial score (nSPS) is 13.9. The maximum atomic E-state index is 13.4. The zero-order chi connectivity index (χ0) is 22.3. The molecule has 0 saturated carbocycles. The molecule has 0 unspecified atom stereocenters. The van der Waals surface area contributed by atoms with Crippen LogP contribution in [0.5, 0.6) is 0 Å². The van der Waals surface area contributed by atoms with Gasteiger partial charge in [0.1, 0.15) is 5.82 Å². The lowest BCUT2D eigenvalue weighted by atomic mass is 10.1. The van der Waals surface area contributed by atoms with Gasteiger partial charge in [-0.05, 0) is 54.7 Å². The minimum Gasteiger partial charge on any atom is -0.361 e. The van der Waals surface area contributed by atoms with Gasteiger partial charge in [0, 0.05) is 49.7 Å². The van der Waals surface area contributed by atoms with Crippen molar-refractivity contribution in [1.29, 1.82) is 0 Å². The van der Waals surface area contributed by atoms with Crippen molar-refractivity contribution >= 4 is 46.7 Å². The predicted molar refractivity (Wildman–Crippen MR) is 141 cm³/mol. The summed E-state index contributed by atoms with van der Waals surface area (Å²) in [5.74, 6) is 0.771. The molecule has 176 valence electrons. The van der Waals surface area contributed by atoms with Crippen LogP contribution in [0.25, 0.3) is 10.9 Å². The number of nitrogens with one attached hydrogen (secondary N) is 3. The average Bonchev–Trinajstić information content (AvgIpc) is 3.38. The van der Waals surface area contributed by atoms with Gasteiger partial charge in [-0.25, -0.2) is 9.38 Å². The number of carbonyl (C=O) groups is 1. The van der Waals surface area contributed by atoms with Crippen molar-refractivity contribution < 1.29 is 9.18 Å². The topological polar surface area (TPSA) is 72.5 Å². The fraction of sp³-hybridized carbons (Fsp3) is 0.360. The first-order valence-corrected chi connectivity index (χ1v) is 11.3. The van der Waals surface area contributed by atoms with Crippen molar-refractivity contribution in [2.75, 3.05) is 19.6 Å². The maximum Gasteiger partial charge on any atom is 0.222 e. The first kappa shape index (κ1) is 25.0. The van der Waals surface area contributed by atoms with Gasteiger partial charge in [0.15, 0.2) is 5.96 Å². The third-order valence-corrected chi connectivity index (χ3v) is 5.72. The molecule has 3 aromatic rings. The van der Waals surface area contributed by atoms with Gasteiger partial charge in [-0.1, -0.05) is 24.3 Å². The van der Waals surface area contributed by atoms with Crippen LogP contribution in [0.4, 0.5) is 4.39 Å². The third-order valence-electron chi connectivity index (χ3n) is 5.72. The number of aromatic nitrogens is 1. The number of carbonyl (C=O) groups excluding carboxylic acids is 1. The van der Waals surface area contributed by atoms with Crippen LogP contribution in [-0.2, 0) is 24.3 Å². The van der Waals surface area contributed by atoms with E-state index >= 15 is 0 Å². The predicted octanol–water partition coefficient (Wildman–Crippen LogP) is 4.35. The number of nitrogens with zero attached hydrogens (tertiary/aromatic N) is 2. The number of fused-ring (bicyclic) bond motifs is 1. The number of halogens is 2. The summed E-state index contributed by atoms with van der Waals surface area (Å²) in [6.07, 6.45) is 4.36. The molecule has 0 aliphatic carbocycles. The average molecular weight is 563 g/mol. The number of guanidine groups is 1. The van der Waals surface area contributed by atoms with Crippen molar-refractivity contribution in [3.05, 3.63) is 71.2 Å². The van der Waals surface area contributed by atoms with Crippen LogP contribution in [0, 0.1) is 5.82 Å². The Bertz CT molecular complexity index is 1110. The number of aromatic amines is 1. The molecule has 2 heterocycles. The molecule has 1 saturated heterocycles. The number of hydrogen-bond acceptors (Lipinski definition) is 2. The molecule has 4 rings (SSSR count). The molecule has 1 aliphatic rings. The standard InChI is InChI=1S/C25H30FN5O.HI/c1-2-27-25(28-11-10-20-16-29-23-14-21(26)8-9-22(20)23)30-15-18-5-3-6-19(13-18)17-31-12-4-7-24(31)32;/h3,5-6,8-9,13-14,16,29H,2,4,7,10-12,15,17H2,1H3,(H2,27,28,30);1H. The van der Waals surface area contributed by atoms with E-state index in [-0.39, 0.29) is 35.7 Å². The van der Waals surface area contributed by atoms with Gasteiger partial charge in [-0.2, -0.15) is 0 Å². The zero-order valence-electron chi connectivity index (χ0n) is 18.9. The summed E-state index contributed by atoms with van der Waals surface area (Å²) < 4.78 is 13.4. The Morgan fingerprint density at radius 2 is 2.03 bits per heavy atom. The molecule has 1 aliphatic heterocycles. The number of aliphatic imine (C=N–C) groups is 1. The number of likely N-dealkylation sites (tertiary alicyclic amines) is 1. The van der Waals surface area contributed by atoms with E-state index in [2.05, 4.69) is 33.8 Å². The summed E-state index contributed by atoms with van der Waals surface area (Å²) in [6.45, 7) is 5.61. The Kier molecular flexibility index (Phi) is 9.11. The Morgan fingerprint density at radius 1 is 1.18 bits per heavy atom. The van der Waals surface area contributed by atoms with Crippen LogP contribution in [0.1, 0.15) is 36.5 Å². The lowest BCUT2D eigenvalue weighted by Gasteiger charge is -2.16. The summed E-state index contributed by atoms with van der Waals surface area (Å²) in [5.41, 5.74) is 4.22. The van der Waals surface area contributed by atoms with E-state index in [0.717, 1.165) is 59.5 Å². The van der Waals surface area contributed by atoms with Crippen molar-refractivity contribution in [2.45, 2.75) is 39.3 Å². The number of rotatable bonds is 8. The van der Waals surface area contributed by atoms with Gasteiger partial charge < -0.3 is 20.5 Å². The fourth-order valence-electron chi connectivity index (χ4n) is 4.11. The van der Waals surface area contributed by atoms with E-state index in [4.69, 9.17) is 4.99 Å². The Balaban J connectivity index is 0.00000306. The molecule has 8 heteroatoms. The van der Waals surface area contributed by atoms with Crippen LogP contribution >= 0.6 is 24.0 Å². The number of hydrogen-bond donors (Lipinski definition) is 3. The first-order valence-electron chi connectivity index (χ1n) is 11.3. The summed E-state index contributed by atoms with van der Waals surface area (Å²) in [6, 6.07) is 13.1. The van der Waals surface area contributed by atoms with Crippen molar-refractivity contribution in [3.8, 4) is 0 Å². The van der Waals surface area contributed by atoms with E-state index in [1.165, 1.54) is 12.1 Å². The molecular weight excluding hydrogens is 532 g/mol. The number of benzene rings is 2. The van der Waals surface area contributed by atoms with E-state index in [9.17, 15) is 9.18 Å². The minimum absolute atomic E-state index is 0. The van der Waals surface area contributed by atoms with E-state index < -0.39 is 0 Å². The molecule has 0 bridgehead atoms. The Hall–Kier alpha value is -2.62. The van der Waals surface area contributed by atoms with Crippen LogP contribution in [-0.4, -0.2) is 41.4 Å². The van der Waals surface area contributed by atoms with Crippen molar-refractivity contribution in [3.63, 3.8) is 0 Å². The monoisotopic (exact) mass is 563 g/mol. The highest BCUT2D eigenvalue weighted by atomic mass is 127. The maximum absolute atomic E-state index is 13.4. The highest BCUT2D eigenvalue weighted by Crippen LogP contribution is 2.19. The number of amides is 1. The molecule has 1 amide bonds. The number of H-pyrrole nitrogens is 1. The molecule has 6 nitrogen and oxygen atoms in total. The lowest BCUT2D eigenvalue weighted by Crippen LogP contribution is -2.38. The second-order valence-corrected chi connectivity index (χ2v) is 8.11. The van der Waals surface area contributed by atoms with Crippen LogP contribution in [0.15, 0.2) is 53.7 Å². The second kappa shape index (κ2) is 12.0. The Labute approximate surface area is 211 Å². The molecule has 3 N–H and O–H groups in total. The van der Waals surface area contributed by atoms with Gasteiger partial charge in [0.05, 0.1) is 6.54 Å². The summed E-state index contributed by atoms with van der Waals surface area (Å²) in [5, 5.41) is 7.71. The molecule has 2 aromatic carbocycles. The SMILES string of the molecule is CCNC(=NCc1cccc(CN2CCCC2=O)c1)NCCc1c[nH]c2cc(F)ccc12.I. The highest BCUT2D eigenvalue weighted by molar-refractivity contribution is 14.0. The molecule has 33 heavy (non-hydrogen) atoms. The van der Waals surface area contributed by atoms with Crippen LogP contribution in [0.3, 0.4) is 0 Å². The quantitative estimate of drug-likeness (QED) is 0.217. The zero-order valence-corrected chi connectivity index (χ0v) is 21.2. The smallest absolute Gasteiger partial charge is 0.222 e. The minimum atomic E-state index is -0.235. The van der Waals surface area contributed by atoms with Gasteiger partial charge in [-0.15, -0.1) is 24.0 Å². The molecule has 0 atom stereocenters. The van der Waals surface area contributed by atoms with E-state index in [1.54, 1.807) is 0 Å². The highest BCUT2D eigenvalue weighted by Gasteiger charge is 2.19. The summed E-state index contributed by atoms with van der Waals surface area (Å²) in [7, 11) is 0. The summed E-state index contributed by atoms with van der Waals surface area (Å²) in [4.78, 5) is 21.7.